The van der Waals surface area contributed by atoms with Gasteiger partial charge in [-0.25, -0.2) is 9.59 Å². The Morgan fingerprint density at radius 1 is 0.939 bits per heavy atom. The van der Waals surface area contributed by atoms with Crippen molar-refractivity contribution in [2.45, 2.75) is 39.4 Å². The molecule has 7 heteroatoms. The number of carbonyl (C=O) groups excluding carboxylic acids is 2. The zero-order valence-corrected chi connectivity index (χ0v) is 19.2. The van der Waals surface area contributed by atoms with Crippen LogP contribution in [0.15, 0.2) is 54.6 Å². The third-order valence-electron chi connectivity index (χ3n) is 4.28. The minimum Gasteiger partial charge on any atom is -0.497 e. The van der Waals surface area contributed by atoms with Gasteiger partial charge in [-0.15, -0.1) is 0 Å². The number of carboxylic acids is 1. The number of carbonyl (C=O) groups is 3. The number of hydrogen-bond acceptors (Lipinski definition) is 6. The fourth-order valence-electron chi connectivity index (χ4n) is 2.89. The zero-order chi connectivity index (χ0) is 24.4. The highest BCUT2D eigenvalue weighted by Crippen LogP contribution is 2.26. The maximum atomic E-state index is 12.2. The maximum absolute atomic E-state index is 12.2. The number of ether oxygens (including phenoxy) is 3. The summed E-state index contributed by atoms with van der Waals surface area (Å²) in [5.74, 6) is -1.76. The summed E-state index contributed by atoms with van der Waals surface area (Å²) in [7, 11) is 1.47. The molecule has 0 radical (unpaired) electrons. The summed E-state index contributed by atoms with van der Waals surface area (Å²) < 4.78 is 15.8. The highest BCUT2D eigenvalue weighted by atomic mass is 16.6. The second-order valence-corrected chi connectivity index (χ2v) is 8.15. The van der Waals surface area contributed by atoms with Gasteiger partial charge in [-0.1, -0.05) is 30.3 Å². The molecule has 0 aliphatic carbocycles. The first-order valence-corrected chi connectivity index (χ1v) is 10.3. The highest BCUT2D eigenvalue weighted by molar-refractivity contribution is 5.90. The number of aliphatic carboxylic acids is 1. The topological polar surface area (TPSA) is 99.1 Å². The van der Waals surface area contributed by atoms with E-state index in [-0.39, 0.29) is 13.0 Å². The summed E-state index contributed by atoms with van der Waals surface area (Å²) in [6.45, 7) is 5.37. The lowest BCUT2D eigenvalue weighted by Crippen LogP contribution is -2.22. The molecule has 0 unspecified atom stereocenters. The predicted octanol–water partition coefficient (Wildman–Crippen LogP) is 4.43. The fourth-order valence-corrected chi connectivity index (χ4v) is 2.89. The van der Waals surface area contributed by atoms with E-state index < -0.39 is 23.5 Å². The van der Waals surface area contributed by atoms with Gasteiger partial charge < -0.3 is 19.3 Å². The van der Waals surface area contributed by atoms with Gasteiger partial charge in [0.25, 0.3) is 0 Å². The molecule has 0 atom stereocenters. The summed E-state index contributed by atoms with van der Waals surface area (Å²) in [5.41, 5.74) is 1.52. The van der Waals surface area contributed by atoms with Gasteiger partial charge in [0.2, 0.25) is 0 Å². The monoisotopic (exact) mass is 452 g/mol. The Kier molecular flexibility index (Phi) is 8.98. The third kappa shape index (κ3) is 9.03. The molecule has 33 heavy (non-hydrogen) atoms. The van der Waals surface area contributed by atoms with Crippen molar-refractivity contribution in [2.24, 2.45) is 0 Å². The smallest absolute Gasteiger partial charge is 0.331 e. The van der Waals surface area contributed by atoms with E-state index in [1.165, 1.54) is 31.4 Å². The van der Waals surface area contributed by atoms with E-state index in [0.717, 1.165) is 5.56 Å². The van der Waals surface area contributed by atoms with E-state index >= 15 is 0 Å². The summed E-state index contributed by atoms with van der Waals surface area (Å²) in [4.78, 5) is 35.7. The lowest BCUT2D eigenvalue weighted by Gasteiger charge is -2.18. The van der Waals surface area contributed by atoms with Crippen molar-refractivity contribution in [1.82, 2.24) is 0 Å². The van der Waals surface area contributed by atoms with Crippen molar-refractivity contribution < 1.29 is 33.7 Å². The molecule has 0 saturated carbocycles. The molecule has 0 aromatic heterocycles. The molecule has 0 bridgehead atoms. The quantitative estimate of drug-likeness (QED) is 0.444. The van der Waals surface area contributed by atoms with Crippen LogP contribution in [0.1, 0.15) is 43.0 Å². The molecular weight excluding hydrogens is 424 g/mol. The average Bonchev–Trinajstić information content (AvgIpc) is 2.75. The van der Waals surface area contributed by atoms with Gasteiger partial charge in [0, 0.05) is 12.2 Å². The fraction of sp³-hybridized carbons (Fsp3) is 0.269. The number of esters is 2. The predicted molar refractivity (Wildman–Crippen MR) is 124 cm³/mol. The van der Waals surface area contributed by atoms with E-state index in [9.17, 15) is 19.5 Å². The van der Waals surface area contributed by atoms with Crippen molar-refractivity contribution in [3.05, 3.63) is 76.9 Å². The van der Waals surface area contributed by atoms with E-state index in [4.69, 9.17) is 14.2 Å². The van der Waals surface area contributed by atoms with E-state index in [1.54, 1.807) is 32.9 Å². The third-order valence-corrected chi connectivity index (χ3v) is 4.28. The number of benzene rings is 2. The first-order valence-electron chi connectivity index (χ1n) is 10.3. The van der Waals surface area contributed by atoms with Gasteiger partial charge in [-0.2, -0.15) is 0 Å². The van der Waals surface area contributed by atoms with Crippen LogP contribution in [0.25, 0.3) is 12.2 Å². The summed E-state index contributed by atoms with van der Waals surface area (Å²) in [5, 5.41) is 9.40. The van der Waals surface area contributed by atoms with Crippen LogP contribution in [-0.2, 0) is 36.9 Å². The SMILES string of the molecule is COc1cc(/C=C/C(=O)OCc2ccccc2)c(CC(=O)O)c(/C=C/C(=O)OC(C)(C)C)c1. The van der Waals surface area contributed by atoms with Gasteiger partial charge in [0.05, 0.1) is 13.5 Å². The molecule has 7 nitrogen and oxygen atoms in total. The van der Waals surface area contributed by atoms with Crippen LogP contribution >= 0.6 is 0 Å². The van der Waals surface area contributed by atoms with Crippen molar-refractivity contribution in [1.29, 1.82) is 0 Å². The molecule has 2 aromatic carbocycles. The molecule has 0 aliphatic rings. The zero-order valence-electron chi connectivity index (χ0n) is 19.2. The summed E-state index contributed by atoms with van der Waals surface area (Å²) >= 11 is 0. The first-order chi connectivity index (χ1) is 15.6. The van der Waals surface area contributed by atoms with E-state index in [0.29, 0.717) is 22.4 Å². The van der Waals surface area contributed by atoms with Crippen LogP contribution in [0.5, 0.6) is 5.75 Å². The second-order valence-electron chi connectivity index (χ2n) is 8.15. The van der Waals surface area contributed by atoms with Gasteiger partial charge in [0.1, 0.15) is 18.0 Å². The standard InChI is InChI=1S/C26H28O7/c1-26(2,3)33-25(30)13-11-20-15-21(31-4)14-19(22(20)16-23(27)28)10-12-24(29)32-17-18-8-6-5-7-9-18/h5-15H,16-17H2,1-4H3,(H,27,28)/b12-10+,13-11+. The Labute approximate surface area is 193 Å². The van der Waals surface area contributed by atoms with Crippen LogP contribution in [0, 0.1) is 0 Å². The van der Waals surface area contributed by atoms with Crippen molar-refractivity contribution >= 4 is 30.1 Å². The molecule has 0 heterocycles. The second kappa shape index (κ2) is 11.7. The minimum atomic E-state index is -1.06. The van der Waals surface area contributed by atoms with Crippen LogP contribution < -0.4 is 4.74 Å². The molecule has 174 valence electrons. The Morgan fingerprint density at radius 2 is 1.52 bits per heavy atom. The molecule has 0 spiro atoms. The first kappa shape index (κ1) is 25.4. The normalized spacial score (nSPS) is 11.5. The van der Waals surface area contributed by atoms with E-state index in [2.05, 4.69) is 0 Å². The number of methoxy groups -OCH3 is 1. The molecule has 2 rings (SSSR count). The largest absolute Gasteiger partial charge is 0.497 e. The Morgan fingerprint density at radius 3 is 2.03 bits per heavy atom. The molecule has 0 aliphatic heterocycles. The van der Waals surface area contributed by atoms with Gasteiger partial charge in [0.15, 0.2) is 0 Å². The van der Waals surface area contributed by atoms with Crippen molar-refractivity contribution in [2.75, 3.05) is 7.11 Å². The maximum Gasteiger partial charge on any atom is 0.331 e. The van der Waals surface area contributed by atoms with Crippen LogP contribution in [0.4, 0.5) is 0 Å². The van der Waals surface area contributed by atoms with Crippen molar-refractivity contribution in [3.63, 3.8) is 0 Å². The van der Waals surface area contributed by atoms with Crippen LogP contribution in [0.3, 0.4) is 0 Å². The Hall–Kier alpha value is -3.87. The number of rotatable bonds is 9. The van der Waals surface area contributed by atoms with Crippen LogP contribution in [-0.4, -0.2) is 35.7 Å². The number of carboxylic acid groups (broad SMARTS) is 1. The summed E-state index contributed by atoms with van der Waals surface area (Å²) in [6.07, 6.45) is 5.08. The minimum absolute atomic E-state index is 0.119. The average molecular weight is 453 g/mol. The molecular formula is C26H28O7. The Balaban J connectivity index is 2.30. The van der Waals surface area contributed by atoms with Crippen molar-refractivity contribution in [3.8, 4) is 5.75 Å². The van der Waals surface area contributed by atoms with Gasteiger partial charge in [-0.05, 0) is 67.3 Å². The lowest BCUT2D eigenvalue weighted by molar-refractivity contribution is -0.148. The Bertz CT molecular complexity index is 1040. The number of hydrogen-bond donors (Lipinski definition) is 1. The highest BCUT2D eigenvalue weighted by Gasteiger charge is 2.16. The molecule has 0 amide bonds. The molecule has 1 N–H and O–H groups in total. The molecule has 2 aromatic rings. The van der Waals surface area contributed by atoms with Crippen LogP contribution in [0.2, 0.25) is 0 Å². The molecule has 0 fully saturated rings. The van der Waals surface area contributed by atoms with Gasteiger partial charge in [-0.3, -0.25) is 4.79 Å². The summed E-state index contributed by atoms with van der Waals surface area (Å²) in [6, 6.07) is 12.5. The van der Waals surface area contributed by atoms with Gasteiger partial charge >= 0.3 is 17.9 Å². The molecule has 0 saturated heterocycles. The van der Waals surface area contributed by atoms with E-state index in [1.807, 2.05) is 30.3 Å². The lowest BCUT2D eigenvalue weighted by atomic mass is 9.96.